The lowest BCUT2D eigenvalue weighted by atomic mass is 10.1. The quantitative estimate of drug-likeness (QED) is 0.651. The molecule has 8 heteroatoms. The van der Waals surface area contributed by atoms with Crippen LogP contribution in [0.25, 0.3) is 0 Å². The Hall–Kier alpha value is -3.52. The molecule has 0 saturated heterocycles. The van der Waals surface area contributed by atoms with Gasteiger partial charge in [-0.25, -0.2) is 8.42 Å². The number of amides is 2. The number of rotatable bonds is 6. The van der Waals surface area contributed by atoms with Crippen LogP contribution in [0.1, 0.15) is 26.3 Å². The average Bonchev–Trinajstić information content (AvgIpc) is 2.68. The number of aromatic nitrogens is 1. The molecule has 0 unspecified atom stereocenters. The van der Waals surface area contributed by atoms with Crippen LogP contribution < -0.4 is 10.6 Å². The molecular weight excluding hydrogens is 390 g/mol. The van der Waals surface area contributed by atoms with Crippen molar-refractivity contribution in [1.29, 1.82) is 0 Å². The van der Waals surface area contributed by atoms with Gasteiger partial charge in [-0.2, -0.15) is 0 Å². The minimum Gasteiger partial charge on any atom is -0.322 e. The van der Waals surface area contributed by atoms with Crippen molar-refractivity contribution in [2.45, 2.75) is 5.75 Å². The summed E-state index contributed by atoms with van der Waals surface area (Å²) in [6, 6.07) is 16.4. The van der Waals surface area contributed by atoms with Gasteiger partial charge in [0.05, 0.1) is 5.75 Å². The molecule has 148 valence electrons. The average molecular weight is 409 g/mol. The molecule has 2 aromatic carbocycles. The Kier molecular flexibility index (Phi) is 6.04. The Morgan fingerprint density at radius 3 is 2.03 bits per heavy atom. The van der Waals surface area contributed by atoms with Crippen molar-refractivity contribution < 1.29 is 18.0 Å². The molecule has 0 aliphatic rings. The maximum absolute atomic E-state index is 12.5. The molecule has 7 nitrogen and oxygen atoms in total. The van der Waals surface area contributed by atoms with Crippen molar-refractivity contribution in [2.24, 2.45) is 0 Å². The summed E-state index contributed by atoms with van der Waals surface area (Å²) in [4.78, 5) is 28.7. The van der Waals surface area contributed by atoms with Crippen LogP contribution in [-0.4, -0.2) is 31.5 Å². The summed E-state index contributed by atoms with van der Waals surface area (Å²) in [5, 5.41) is 5.51. The van der Waals surface area contributed by atoms with E-state index in [-0.39, 0.29) is 17.6 Å². The minimum atomic E-state index is -3.19. The van der Waals surface area contributed by atoms with Gasteiger partial charge in [0.1, 0.15) is 0 Å². The molecule has 1 aromatic heterocycles. The fraction of sp³-hybridized carbons (Fsp3) is 0.0952. The van der Waals surface area contributed by atoms with E-state index in [2.05, 4.69) is 15.6 Å². The molecule has 0 aliphatic heterocycles. The van der Waals surface area contributed by atoms with Crippen molar-refractivity contribution in [3.05, 3.63) is 89.7 Å². The van der Waals surface area contributed by atoms with Gasteiger partial charge in [-0.3, -0.25) is 14.6 Å². The normalized spacial score (nSPS) is 10.9. The monoisotopic (exact) mass is 409 g/mol. The van der Waals surface area contributed by atoms with Crippen LogP contribution in [0.15, 0.2) is 73.1 Å². The number of carbonyl (C=O) groups excluding carboxylic acids is 2. The Labute approximate surface area is 168 Å². The van der Waals surface area contributed by atoms with Crippen LogP contribution in [0.3, 0.4) is 0 Å². The topological polar surface area (TPSA) is 105 Å². The summed E-state index contributed by atoms with van der Waals surface area (Å²) in [6.45, 7) is 0. The number of pyridine rings is 1. The number of sulfone groups is 1. The maximum Gasteiger partial charge on any atom is 0.255 e. The van der Waals surface area contributed by atoms with Gasteiger partial charge >= 0.3 is 0 Å². The number of nitrogens with one attached hydrogen (secondary N) is 2. The second-order valence-corrected chi connectivity index (χ2v) is 8.64. The molecule has 29 heavy (non-hydrogen) atoms. The minimum absolute atomic E-state index is 0.134. The lowest BCUT2D eigenvalue weighted by Crippen LogP contribution is -2.14. The zero-order chi connectivity index (χ0) is 20.9. The predicted molar refractivity (Wildman–Crippen MR) is 112 cm³/mol. The Bertz CT molecular complexity index is 1150. The lowest BCUT2D eigenvalue weighted by Gasteiger charge is -2.10. The van der Waals surface area contributed by atoms with Crippen LogP contribution in [0.5, 0.6) is 0 Å². The molecule has 2 N–H and O–H groups in total. The second-order valence-electron chi connectivity index (χ2n) is 6.50. The van der Waals surface area contributed by atoms with Gasteiger partial charge in [0.25, 0.3) is 11.8 Å². The van der Waals surface area contributed by atoms with E-state index in [0.717, 1.165) is 6.26 Å². The van der Waals surface area contributed by atoms with Crippen LogP contribution in [0.2, 0.25) is 0 Å². The molecule has 0 spiro atoms. The Balaban J connectivity index is 1.71. The van der Waals surface area contributed by atoms with E-state index < -0.39 is 9.84 Å². The summed E-state index contributed by atoms with van der Waals surface area (Å²) >= 11 is 0. The van der Waals surface area contributed by atoms with Crippen LogP contribution in [0, 0.1) is 0 Å². The predicted octanol–water partition coefficient (Wildman–Crippen LogP) is 3.13. The molecule has 3 rings (SSSR count). The van der Waals surface area contributed by atoms with E-state index in [0.29, 0.717) is 28.1 Å². The van der Waals surface area contributed by atoms with E-state index >= 15 is 0 Å². The van der Waals surface area contributed by atoms with Crippen LogP contribution >= 0.6 is 0 Å². The molecule has 0 radical (unpaired) electrons. The number of anilines is 2. The van der Waals surface area contributed by atoms with Gasteiger partial charge < -0.3 is 10.6 Å². The Morgan fingerprint density at radius 1 is 0.828 bits per heavy atom. The SMILES string of the molecule is CS(=O)(=O)Cc1cccc(C(=O)Nc2cccc(NC(=O)c3ccncc3)c2)c1. The number of hydrogen-bond donors (Lipinski definition) is 2. The fourth-order valence-electron chi connectivity index (χ4n) is 2.69. The highest BCUT2D eigenvalue weighted by Crippen LogP contribution is 2.18. The van der Waals surface area contributed by atoms with Crippen LogP contribution in [0.4, 0.5) is 11.4 Å². The molecule has 0 fully saturated rings. The van der Waals surface area contributed by atoms with Crippen LogP contribution in [-0.2, 0) is 15.6 Å². The first-order valence-corrected chi connectivity index (χ1v) is 10.8. The fourth-order valence-corrected chi connectivity index (χ4v) is 3.47. The zero-order valence-electron chi connectivity index (χ0n) is 15.6. The van der Waals surface area contributed by atoms with Gasteiger partial charge in [-0.05, 0) is 48.0 Å². The zero-order valence-corrected chi connectivity index (χ0v) is 16.4. The first-order chi connectivity index (χ1) is 13.8. The standard InChI is InChI=1S/C21H19N3O4S/c1-29(27,28)14-15-4-2-5-17(12-15)21(26)24-19-7-3-6-18(13-19)23-20(25)16-8-10-22-11-9-16/h2-13H,14H2,1H3,(H,23,25)(H,24,26). The number of nitrogens with zero attached hydrogens (tertiary/aromatic N) is 1. The van der Waals surface area contributed by atoms with Crippen molar-refractivity contribution in [3.63, 3.8) is 0 Å². The van der Waals surface area contributed by atoms with Crippen molar-refractivity contribution in [2.75, 3.05) is 16.9 Å². The van der Waals surface area contributed by atoms with Crippen molar-refractivity contribution >= 4 is 33.0 Å². The molecule has 1 heterocycles. The largest absolute Gasteiger partial charge is 0.322 e. The highest BCUT2D eigenvalue weighted by Gasteiger charge is 2.11. The highest BCUT2D eigenvalue weighted by molar-refractivity contribution is 7.89. The third kappa shape index (κ3) is 5.98. The van der Waals surface area contributed by atoms with Crippen molar-refractivity contribution in [1.82, 2.24) is 4.98 Å². The molecule has 0 atom stereocenters. The van der Waals surface area contributed by atoms with E-state index in [1.807, 2.05) is 0 Å². The summed E-state index contributed by atoms with van der Waals surface area (Å²) in [5.41, 5.74) is 2.37. The number of carbonyl (C=O) groups is 2. The summed E-state index contributed by atoms with van der Waals surface area (Å²) < 4.78 is 22.9. The van der Waals surface area contributed by atoms with E-state index in [9.17, 15) is 18.0 Å². The first kappa shape index (κ1) is 20.2. The molecule has 0 bridgehead atoms. The molecule has 0 saturated carbocycles. The second kappa shape index (κ2) is 8.66. The maximum atomic E-state index is 12.5. The molecule has 3 aromatic rings. The van der Waals surface area contributed by atoms with Gasteiger partial charge in [0, 0.05) is 41.2 Å². The van der Waals surface area contributed by atoms with Gasteiger partial charge in [-0.15, -0.1) is 0 Å². The van der Waals surface area contributed by atoms with Gasteiger partial charge in [-0.1, -0.05) is 18.2 Å². The smallest absolute Gasteiger partial charge is 0.255 e. The number of hydrogen-bond acceptors (Lipinski definition) is 5. The van der Waals surface area contributed by atoms with Gasteiger partial charge in [0.2, 0.25) is 0 Å². The highest BCUT2D eigenvalue weighted by atomic mass is 32.2. The molecule has 2 amide bonds. The van der Waals surface area contributed by atoms with E-state index in [4.69, 9.17) is 0 Å². The summed E-state index contributed by atoms with van der Waals surface area (Å²) in [6.07, 6.45) is 4.21. The summed E-state index contributed by atoms with van der Waals surface area (Å²) in [5.74, 6) is -0.799. The Morgan fingerprint density at radius 2 is 1.41 bits per heavy atom. The van der Waals surface area contributed by atoms with E-state index in [1.54, 1.807) is 60.7 Å². The van der Waals surface area contributed by atoms with Crippen molar-refractivity contribution in [3.8, 4) is 0 Å². The van der Waals surface area contributed by atoms with Gasteiger partial charge in [0.15, 0.2) is 9.84 Å². The third-order valence-corrected chi connectivity index (χ3v) is 4.80. The van der Waals surface area contributed by atoms with E-state index in [1.165, 1.54) is 12.4 Å². The summed E-state index contributed by atoms with van der Waals surface area (Å²) in [7, 11) is -3.19. The number of benzene rings is 2. The third-order valence-electron chi connectivity index (χ3n) is 3.94. The molecular formula is C21H19N3O4S. The lowest BCUT2D eigenvalue weighted by molar-refractivity contribution is 0.101. The first-order valence-electron chi connectivity index (χ1n) is 8.70. The molecule has 0 aliphatic carbocycles.